The molecule has 0 bridgehead atoms. The Morgan fingerprint density at radius 2 is 1.85 bits per heavy atom. The van der Waals surface area contributed by atoms with Crippen LogP contribution in [0.2, 0.25) is 0 Å². The average molecular weight is 367 g/mol. The molecule has 0 aromatic heterocycles. The fraction of sp³-hybridized carbons (Fsp3) is 0.333. The fourth-order valence-corrected chi connectivity index (χ4v) is 3.09. The van der Waals surface area contributed by atoms with E-state index in [9.17, 15) is 9.59 Å². The average Bonchev–Trinajstić information content (AvgIpc) is 2.66. The van der Waals surface area contributed by atoms with Gasteiger partial charge in [0.25, 0.3) is 5.91 Å². The highest BCUT2D eigenvalue weighted by Crippen LogP contribution is 2.31. The monoisotopic (exact) mass is 367 g/mol. The summed E-state index contributed by atoms with van der Waals surface area (Å²) < 4.78 is 5.63. The molecule has 2 aromatic rings. The van der Waals surface area contributed by atoms with E-state index in [1.807, 2.05) is 44.2 Å². The first-order valence-electron chi connectivity index (χ1n) is 9.19. The number of carbonyl (C=O) groups excluding carboxylic acids is 2. The third kappa shape index (κ3) is 4.78. The first-order chi connectivity index (χ1) is 13.0. The second kappa shape index (κ2) is 8.58. The van der Waals surface area contributed by atoms with E-state index in [-0.39, 0.29) is 30.4 Å². The molecule has 0 saturated carbocycles. The maximum Gasteiger partial charge on any atom is 0.253 e. The zero-order valence-corrected chi connectivity index (χ0v) is 15.6. The molecule has 1 aliphatic heterocycles. The number of anilines is 1. The van der Waals surface area contributed by atoms with Crippen LogP contribution in [0.15, 0.2) is 48.5 Å². The number of hydrogen-bond donors (Lipinski definition) is 3. The third-order valence-electron chi connectivity index (χ3n) is 4.32. The predicted octanol–water partition coefficient (Wildman–Crippen LogP) is 2.88. The van der Waals surface area contributed by atoms with Gasteiger partial charge < -0.3 is 20.7 Å². The molecule has 1 heterocycles. The Kier molecular flexibility index (Phi) is 5.96. The highest BCUT2D eigenvalue weighted by atomic mass is 16.5. The standard InChI is InChI=1S/C21H25N3O3/c1-14(2)23-21(26)16-8-3-5-9-17(16)22-13-20(25)24-18-11-12-27-19-10-6-4-7-15(18)19/h3-10,14,18,22H,11-13H2,1-2H3,(H,23,26)(H,24,25)/t18-/m1/s1. The van der Waals surface area contributed by atoms with E-state index >= 15 is 0 Å². The normalized spacial score (nSPS) is 15.4. The number of hydrogen-bond acceptors (Lipinski definition) is 4. The molecule has 0 fully saturated rings. The van der Waals surface area contributed by atoms with Gasteiger partial charge in [0.2, 0.25) is 5.91 Å². The SMILES string of the molecule is CC(C)NC(=O)c1ccccc1NCC(=O)N[C@@H]1CCOc2ccccc21. The van der Waals surface area contributed by atoms with Crippen LogP contribution in [-0.2, 0) is 4.79 Å². The van der Waals surface area contributed by atoms with Gasteiger partial charge in [0.1, 0.15) is 5.75 Å². The summed E-state index contributed by atoms with van der Waals surface area (Å²) >= 11 is 0. The second-order valence-electron chi connectivity index (χ2n) is 6.82. The Labute approximate surface area is 159 Å². The van der Waals surface area contributed by atoms with E-state index in [0.717, 1.165) is 17.7 Å². The number of carbonyl (C=O) groups is 2. The highest BCUT2D eigenvalue weighted by Gasteiger charge is 2.22. The van der Waals surface area contributed by atoms with Gasteiger partial charge in [-0.2, -0.15) is 0 Å². The first kappa shape index (κ1) is 18.8. The molecule has 3 N–H and O–H groups in total. The van der Waals surface area contributed by atoms with Gasteiger partial charge in [0.05, 0.1) is 24.8 Å². The van der Waals surface area contributed by atoms with Crippen molar-refractivity contribution in [2.45, 2.75) is 32.4 Å². The molecule has 0 radical (unpaired) electrons. The van der Waals surface area contributed by atoms with Gasteiger partial charge in [0, 0.05) is 23.7 Å². The van der Waals surface area contributed by atoms with Crippen molar-refractivity contribution >= 4 is 17.5 Å². The fourth-order valence-electron chi connectivity index (χ4n) is 3.09. The number of amides is 2. The molecule has 0 saturated heterocycles. The van der Waals surface area contributed by atoms with Crippen LogP contribution in [-0.4, -0.2) is 31.0 Å². The van der Waals surface area contributed by atoms with Gasteiger partial charge in [-0.1, -0.05) is 30.3 Å². The molecule has 0 aliphatic carbocycles. The maximum atomic E-state index is 12.4. The van der Waals surface area contributed by atoms with E-state index in [0.29, 0.717) is 17.9 Å². The molecule has 6 heteroatoms. The molecule has 2 aromatic carbocycles. The van der Waals surface area contributed by atoms with Crippen molar-refractivity contribution in [3.05, 3.63) is 59.7 Å². The lowest BCUT2D eigenvalue weighted by Crippen LogP contribution is -2.36. The Balaban J connectivity index is 1.61. The van der Waals surface area contributed by atoms with Crippen molar-refractivity contribution in [3.63, 3.8) is 0 Å². The van der Waals surface area contributed by atoms with E-state index in [1.165, 1.54) is 0 Å². The quantitative estimate of drug-likeness (QED) is 0.733. The Bertz CT molecular complexity index is 820. The molecular weight excluding hydrogens is 342 g/mol. The minimum Gasteiger partial charge on any atom is -0.493 e. The van der Waals surface area contributed by atoms with Crippen LogP contribution in [0.5, 0.6) is 5.75 Å². The molecule has 6 nitrogen and oxygen atoms in total. The van der Waals surface area contributed by atoms with Crippen molar-refractivity contribution in [1.29, 1.82) is 0 Å². The number of fused-ring (bicyclic) bond motifs is 1. The predicted molar refractivity (Wildman–Crippen MR) is 105 cm³/mol. The summed E-state index contributed by atoms with van der Waals surface area (Å²) in [6, 6.07) is 14.9. The number of rotatable bonds is 6. The van der Waals surface area contributed by atoms with E-state index in [4.69, 9.17) is 4.74 Å². The molecule has 27 heavy (non-hydrogen) atoms. The van der Waals surface area contributed by atoms with E-state index < -0.39 is 0 Å². The number of nitrogens with one attached hydrogen (secondary N) is 3. The van der Waals surface area contributed by atoms with Gasteiger partial charge >= 0.3 is 0 Å². The number of benzene rings is 2. The van der Waals surface area contributed by atoms with Crippen LogP contribution >= 0.6 is 0 Å². The van der Waals surface area contributed by atoms with Crippen LogP contribution in [0.25, 0.3) is 0 Å². The lowest BCUT2D eigenvalue weighted by atomic mass is 10.0. The van der Waals surface area contributed by atoms with E-state index in [2.05, 4.69) is 16.0 Å². The minimum atomic E-state index is -0.160. The highest BCUT2D eigenvalue weighted by molar-refractivity contribution is 6.00. The Hall–Kier alpha value is -3.02. The lowest BCUT2D eigenvalue weighted by Gasteiger charge is -2.26. The zero-order chi connectivity index (χ0) is 19.2. The topological polar surface area (TPSA) is 79.5 Å². The number of para-hydroxylation sites is 2. The Morgan fingerprint density at radius 3 is 2.67 bits per heavy atom. The summed E-state index contributed by atoms with van der Waals surface area (Å²) in [6.07, 6.45) is 0.732. The summed E-state index contributed by atoms with van der Waals surface area (Å²) in [5.74, 6) is 0.528. The van der Waals surface area contributed by atoms with Crippen molar-refractivity contribution in [3.8, 4) is 5.75 Å². The summed E-state index contributed by atoms with van der Waals surface area (Å²) in [5.41, 5.74) is 2.16. The molecular formula is C21H25N3O3. The van der Waals surface area contributed by atoms with Crippen LogP contribution in [0, 0.1) is 0 Å². The molecule has 1 atom stereocenters. The van der Waals surface area contributed by atoms with Crippen LogP contribution in [0.4, 0.5) is 5.69 Å². The maximum absolute atomic E-state index is 12.4. The second-order valence-corrected chi connectivity index (χ2v) is 6.82. The van der Waals surface area contributed by atoms with Crippen molar-refractivity contribution in [2.24, 2.45) is 0 Å². The molecule has 142 valence electrons. The summed E-state index contributed by atoms with van der Waals surface area (Å²) in [6.45, 7) is 4.49. The van der Waals surface area contributed by atoms with Crippen molar-refractivity contribution < 1.29 is 14.3 Å². The minimum absolute atomic E-state index is 0.0439. The molecule has 1 aliphatic rings. The molecule has 0 spiro atoms. The van der Waals surface area contributed by atoms with Crippen molar-refractivity contribution in [2.75, 3.05) is 18.5 Å². The number of ether oxygens (including phenoxy) is 1. The van der Waals surface area contributed by atoms with Gasteiger partial charge in [-0.3, -0.25) is 9.59 Å². The van der Waals surface area contributed by atoms with Crippen LogP contribution in [0.1, 0.15) is 42.2 Å². The smallest absolute Gasteiger partial charge is 0.253 e. The summed E-state index contributed by atoms with van der Waals surface area (Å²) in [5, 5.41) is 8.99. The summed E-state index contributed by atoms with van der Waals surface area (Å²) in [4.78, 5) is 24.7. The van der Waals surface area contributed by atoms with Gasteiger partial charge in [-0.25, -0.2) is 0 Å². The molecule has 0 unspecified atom stereocenters. The van der Waals surface area contributed by atoms with Gasteiger partial charge in [0.15, 0.2) is 0 Å². The lowest BCUT2D eigenvalue weighted by molar-refractivity contribution is -0.120. The summed E-state index contributed by atoms with van der Waals surface area (Å²) in [7, 11) is 0. The zero-order valence-electron chi connectivity index (χ0n) is 15.6. The van der Waals surface area contributed by atoms with E-state index in [1.54, 1.807) is 18.2 Å². The van der Waals surface area contributed by atoms with Crippen LogP contribution in [0.3, 0.4) is 0 Å². The largest absolute Gasteiger partial charge is 0.493 e. The molecule has 3 rings (SSSR count). The van der Waals surface area contributed by atoms with Crippen LogP contribution < -0.4 is 20.7 Å². The first-order valence-corrected chi connectivity index (χ1v) is 9.19. The Morgan fingerprint density at radius 1 is 1.11 bits per heavy atom. The molecule has 2 amide bonds. The third-order valence-corrected chi connectivity index (χ3v) is 4.32. The van der Waals surface area contributed by atoms with Gasteiger partial charge in [-0.15, -0.1) is 0 Å². The van der Waals surface area contributed by atoms with Gasteiger partial charge in [-0.05, 0) is 32.0 Å². The van der Waals surface area contributed by atoms with Crippen molar-refractivity contribution in [1.82, 2.24) is 10.6 Å².